The largest absolute Gasteiger partial charge is 0.445 e. The fourth-order valence-corrected chi connectivity index (χ4v) is 2.67. The van der Waals surface area contributed by atoms with Gasteiger partial charge in [-0.2, -0.15) is 0 Å². The van der Waals surface area contributed by atoms with Crippen LogP contribution in [0.4, 0.5) is 10.5 Å². The highest BCUT2D eigenvalue weighted by molar-refractivity contribution is 7.80. The van der Waals surface area contributed by atoms with Crippen molar-refractivity contribution in [3.8, 4) is 0 Å². The zero-order valence-corrected chi connectivity index (χ0v) is 17.4. The van der Waals surface area contributed by atoms with Crippen LogP contribution in [0.1, 0.15) is 11.1 Å². The average molecular weight is 447 g/mol. The molecule has 0 aromatic heterocycles. The van der Waals surface area contributed by atoms with Crippen LogP contribution in [0.15, 0.2) is 54.6 Å². The van der Waals surface area contributed by atoms with Crippen LogP contribution in [0.25, 0.3) is 0 Å². The van der Waals surface area contributed by atoms with Gasteiger partial charge in [0.25, 0.3) is 0 Å². The summed E-state index contributed by atoms with van der Waals surface area (Å²) in [6.45, 7) is 2.04. The van der Waals surface area contributed by atoms with Crippen LogP contribution < -0.4 is 16.0 Å². The first-order valence-corrected chi connectivity index (χ1v) is 9.46. The van der Waals surface area contributed by atoms with Gasteiger partial charge in [0.2, 0.25) is 3.79 Å². The third-order valence-electron chi connectivity index (χ3n) is 3.35. The molecular formula is C18H18Cl3N3O2S. The number of hydrogen-bond donors (Lipinski definition) is 3. The minimum absolute atomic E-state index is 0.0885. The Morgan fingerprint density at radius 1 is 1.11 bits per heavy atom. The third-order valence-corrected chi connectivity index (χ3v) is 4.23. The number of halogens is 3. The Labute approximate surface area is 178 Å². The van der Waals surface area contributed by atoms with Crippen molar-refractivity contribution in [3.05, 3.63) is 65.7 Å². The summed E-state index contributed by atoms with van der Waals surface area (Å²) in [5, 5.41) is 8.38. The first kappa shape index (κ1) is 21.6. The number of anilines is 1. The Kier molecular flexibility index (Phi) is 7.98. The van der Waals surface area contributed by atoms with E-state index < -0.39 is 16.1 Å². The number of nitrogens with one attached hydrogen (secondary N) is 3. The lowest BCUT2D eigenvalue weighted by atomic mass is 10.2. The van der Waals surface area contributed by atoms with E-state index in [-0.39, 0.29) is 11.7 Å². The summed E-state index contributed by atoms with van der Waals surface area (Å²) in [4.78, 5) is 12.0. The number of aryl methyl sites for hydroxylation is 1. The molecule has 144 valence electrons. The number of thiocarbonyl (C=S) groups is 1. The number of alkyl halides is 3. The minimum Gasteiger partial charge on any atom is -0.445 e. The molecule has 5 nitrogen and oxygen atoms in total. The Morgan fingerprint density at radius 2 is 1.81 bits per heavy atom. The molecule has 1 atom stereocenters. The lowest BCUT2D eigenvalue weighted by Gasteiger charge is -2.27. The predicted octanol–water partition coefficient (Wildman–Crippen LogP) is 4.90. The standard InChI is InChI=1S/C18H18Cl3N3O2S/c1-12-6-5-9-14(10-12)22-16(27)23-15(18(19,20)21)24-17(25)26-11-13-7-3-2-4-8-13/h2-10,15H,11H2,1H3,(H,24,25)(H2,22,23,27)/t15-/m0/s1. The highest BCUT2D eigenvalue weighted by Crippen LogP contribution is 2.29. The second-order valence-corrected chi connectivity index (χ2v) is 8.43. The van der Waals surface area contributed by atoms with Crippen molar-refractivity contribution in [2.45, 2.75) is 23.5 Å². The topological polar surface area (TPSA) is 62.4 Å². The maximum Gasteiger partial charge on any atom is 0.409 e. The van der Waals surface area contributed by atoms with E-state index in [1.807, 2.05) is 61.5 Å². The minimum atomic E-state index is -1.86. The molecule has 9 heteroatoms. The second kappa shape index (κ2) is 9.99. The smallest absolute Gasteiger partial charge is 0.409 e. The second-order valence-electron chi connectivity index (χ2n) is 5.65. The summed E-state index contributed by atoms with van der Waals surface area (Å²) < 4.78 is 3.28. The van der Waals surface area contributed by atoms with Crippen LogP contribution in [0.2, 0.25) is 0 Å². The molecule has 0 spiro atoms. The molecule has 27 heavy (non-hydrogen) atoms. The number of benzene rings is 2. The summed E-state index contributed by atoms with van der Waals surface area (Å²) >= 11 is 23.1. The van der Waals surface area contributed by atoms with E-state index in [0.717, 1.165) is 16.8 Å². The van der Waals surface area contributed by atoms with Gasteiger partial charge in [0.1, 0.15) is 6.61 Å². The molecule has 0 bridgehead atoms. The lowest BCUT2D eigenvalue weighted by Crippen LogP contribution is -2.56. The Balaban J connectivity index is 1.92. The number of ether oxygens (including phenoxy) is 1. The molecule has 2 aromatic rings. The number of alkyl carbamates (subject to hydrolysis) is 1. The maximum atomic E-state index is 12.0. The van der Waals surface area contributed by atoms with Crippen molar-refractivity contribution in [3.63, 3.8) is 0 Å². The summed E-state index contributed by atoms with van der Waals surface area (Å²) in [5.74, 6) is 0. The van der Waals surface area contributed by atoms with Crippen molar-refractivity contribution in [1.29, 1.82) is 0 Å². The van der Waals surface area contributed by atoms with Gasteiger partial charge in [0.05, 0.1) is 0 Å². The van der Waals surface area contributed by atoms with Crippen LogP contribution in [0, 0.1) is 6.92 Å². The van der Waals surface area contributed by atoms with Crippen molar-refractivity contribution in [1.82, 2.24) is 10.6 Å². The Hall–Kier alpha value is -1.73. The molecule has 2 rings (SSSR count). The summed E-state index contributed by atoms with van der Waals surface area (Å²) in [5.41, 5.74) is 2.66. The van der Waals surface area contributed by atoms with Crippen LogP contribution in [0.3, 0.4) is 0 Å². The molecular weight excluding hydrogens is 429 g/mol. The highest BCUT2D eigenvalue weighted by Gasteiger charge is 2.35. The van der Waals surface area contributed by atoms with Gasteiger partial charge in [-0.3, -0.25) is 5.32 Å². The van der Waals surface area contributed by atoms with Gasteiger partial charge in [-0.05, 0) is 42.4 Å². The zero-order chi connectivity index (χ0) is 19.9. The molecule has 0 unspecified atom stereocenters. The zero-order valence-electron chi connectivity index (χ0n) is 14.3. The van der Waals surface area contributed by atoms with Crippen molar-refractivity contribution >= 4 is 63.9 Å². The highest BCUT2D eigenvalue weighted by atomic mass is 35.6. The fourth-order valence-electron chi connectivity index (χ4n) is 2.10. The van der Waals surface area contributed by atoms with Gasteiger partial charge in [-0.1, -0.05) is 77.3 Å². The number of rotatable bonds is 5. The molecule has 0 radical (unpaired) electrons. The van der Waals surface area contributed by atoms with E-state index >= 15 is 0 Å². The average Bonchev–Trinajstić information content (AvgIpc) is 2.59. The first-order chi connectivity index (χ1) is 12.7. The van der Waals surface area contributed by atoms with E-state index in [4.69, 9.17) is 51.8 Å². The molecule has 0 aliphatic carbocycles. The van der Waals surface area contributed by atoms with Gasteiger partial charge in [-0.15, -0.1) is 0 Å². The van der Waals surface area contributed by atoms with Gasteiger partial charge in [0.15, 0.2) is 11.3 Å². The number of hydrogen-bond acceptors (Lipinski definition) is 3. The van der Waals surface area contributed by atoms with E-state index in [1.54, 1.807) is 0 Å². The molecule has 0 saturated carbocycles. The van der Waals surface area contributed by atoms with Gasteiger partial charge in [-0.25, -0.2) is 4.79 Å². The quantitative estimate of drug-likeness (QED) is 0.346. The Morgan fingerprint density at radius 3 is 2.44 bits per heavy atom. The van der Waals surface area contributed by atoms with Crippen LogP contribution in [0.5, 0.6) is 0 Å². The molecule has 2 aromatic carbocycles. The van der Waals surface area contributed by atoms with Crippen LogP contribution >= 0.6 is 47.0 Å². The third kappa shape index (κ3) is 7.81. The van der Waals surface area contributed by atoms with Crippen molar-refractivity contribution < 1.29 is 9.53 Å². The Bertz CT molecular complexity index is 785. The van der Waals surface area contributed by atoms with E-state index in [1.165, 1.54) is 0 Å². The summed E-state index contributed by atoms with van der Waals surface area (Å²) in [6.07, 6.45) is -1.85. The normalized spacial score (nSPS) is 12.0. The molecule has 0 heterocycles. The predicted molar refractivity (Wildman–Crippen MR) is 114 cm³/mol. The first-order valence-electron chi connectivity index (χ1n) is 7.92. The van der Waals surface area contributed by atoms with E-state index in [9.17, 15) is 4.79 Å². The molecule has 0 aliphatic rings. The van der Waals surface area contributed by atoms with E-state index in [2.05, 4.69) is 16.0 Å². The monoisotopic (exact) mass is 445 g/mol. The van der Waals surface area contributed by atoms with Gasteiger partial charge in [0, 0.05) is 5.69 Å². The van der Waals surface area contributed by atoms with Crippen LogP contribution in [-0.4, -0.2) is 21.2 Å². The maximum absolute atomic E-state index is 12.0. The van der Waals surface area contributed by atoms with Gasteiger partial charge < -0.3 is 15.4 Å². The van der Waals surface area contributed by atoms with Gasteiger partial charge >= 0.3 is 6.09 Å². The molecule has 0 fully saturated rings. The SMILES string of the molecule is Cc1cccc(NC(=S)N[C@@H](NC(=O)OCc2ccccc2)C(Cl)(Cl)Cl)c1. The number of carbonyl (C=O) groups excluding carboxylic acids is 1. The van der Waals surface area contributed by atoms with Crippen molar-refractivity contribution in [2.75, 3.05) is 5.32 Å². The lowest BCUT2D eigenvalue weighted by molar-refractivity contribution is 0.135. The summed E-state index contributed by atoms with van der Waals surface area (Å²) in [6, 6.07) is 16.8. The summed E-state index contributed by atoms with van der Waals surface area (Å²) in [7, 11) is 0. The molecule has 0 aliphatic heterocycles. The molecule has 1 amide bonds. The van der Waals surface area contributed by atoms with Crippen molar-refractivity contribution in [2.24, 2.45) is 0 Å². The number of carbonyl (C=O) groups is 1. The molecule has 0 saturated heterocycles. The van der Waals surface area contributed by atoms with E-state index in [0.29, 0.717) is 0 Å². The number of amides is 1. The van der Waals surface area contributed by atoms with Crippen LogP contribution in [-0.2, 0) is 11.3 Å². The fraction of sp³-hybridized carbons (Fsp3) is 0.222. The molecule has 3 N–H and O–H groups in total.